The van der Waals surface area contributed by atoms with Crippen LogP contribution in [0.25, 0.3) is 10.9 Å². The van der Waals surface area contributed by atoms with Gasteiger partial charge in [-0.05, 0) is 57.9 Å². The molecule has 0 unspecified atom stereocenters. The summed E-state index contributed by atoms with van der Waals surface area (Å²) in [6.07, 6.45) is 1.87. The molecular formula is C24H17Br3N4O4. The number of rotatable bonds is 7. The lowest BCUT2D eigenvalue weighted by Gasteiger charge is -2.10. The molecule has 4 aromatic rings. The summed E-state index contributed by atoms with van der Waals surface area (Å²) in [6, 6.07) is 15.7. The number of nitrogens with zero attached hydrogens (tertiary/aromatic N) is 4. The van der Waals surface area contributed by atoms with Crippen LogP contribution in [0, 0.1) is 10.1 Å². The third-order valence-electron chi connectivity index (χ3n) is 5.05. The summed E-state index contributed by atoms with van der Waals surface area (Å²) in [5, 5.41) is 16.5. The first kappa shape index (κ1) is 25.2. The van der Waals surface area contributed by atoms with Gasteiger partial charge < -0.3 is 4.74 Å². The van der Waals surface area contributed by atoms with E-state index in [4.69, 9.17) is 4.74 Å². The maximum atomic E-state index is 13.1. The second-order valence-electron chi connectivity index (χ2n) is 7.43. The van der Waals surface area contributed by atoms with Gasteiger partial charge in [0.1, 0.15) is 12.4 Å². The second-order valence-corrected chi connectivity index (χ2v) is 10.1. The Kier molecular flexibility index (Phi) is 7.78. The van der Waals surface area contributed by atoms with E-state index in [1.54, 1.807) is 18.2 Å². The molecule has 0 atom stereocenters. The fourth-order valence-electron chi connectivity index (χ4n) is 3.36. The summed E-state index contributed by atoms with van der Waals surface area (Å²) in [4.78, 5) is 28.9. The second kappa shape index (κ2) is 10.8. The van der Waals surface area contributed by atoms with Gasteiger partial charge in [0.2, 0.25) is 5.75 Å². The normalized spacial score (nSPS) is 11.3. The van der Waals surface area contributed by atoms with Crippen LogP contribution in [0.2, 0.25) is 0 Å². The van der Waals surface area contributed by atoms with Crippen molar-refractivity contribution in [3.63, 3.8) is 0 Å². The van der Waals surface area contributed by atoms with Gasteiger partial charge in [0.15, 0.2) is 0 Å². The fraction of sp³-hybridized carbons (Fsp3) is 0.125. The largest absolute Gasteiger partial charge is 0.481 e. The number of hydrogen-bond acceptors (Lipinski definition) is 6. The minimum Gasteiger partial charge on any atom is -0.481 e. The number of aryl methyl sites for hydroxylation is 1. The Morgan fingerprint density at radius 1 is 1.09 bits per heavy atom. The van der Waals surface area contributed by atoms with Crippen molar-refractivity contribution in [1.29, 1.82) is 0 Å². The summed E-state index contributed by atoms with van der Waals surface area (Å²) in [5.74, 6) is 0.586. The first-order chi connectivity index (χ1) is 16.8. The molecule has 0 fully saturated rings. The minimum absolute atomic E-state index is 0.110. The monoisotopic (exact) mass is 662 g/mol. The van der Waals surface area contributed by atoms with Crippen molar-refractivity contribution < 1.29 is 9.66 Å². The zero-order chi connectivity index (χ0) is 25.1. The molecule has 0 amide bonds. The van der Waals surface area contributed by atoms with Crippen molar-refractivity contribution in [1.82, 2.24) is 9.66 Å². The average molecular weight is 665 g/mol. The molecule has 0 saturated carbocycles. The molecule has 35 heavy (non-hydrogen) atoms. The number of aromatic nitrogens is 2. The number of ether oxygens (including phenoxy) is 1. The van der Waals surface area contributed by atoms with Gasteiger partial charge in [0, 0.05) is 27.0 Å². The van der Waals surface area contributed by atoms with Gasteiger partial charge >= 0.3 is 5.69 Å². The minimum atomic E-state index is -0.516. The van der Waals surface area contributed by atoms with Crippen molar-refractivity contribution in [2.45, 2.75) is 20.0 Å². The number of nitro groups is 1. The van der Waals surface area contributed by atoms with Crippen molar-refractivity contribution in [2.24, 2.45) is 5.10 Å². The lowest BCUT2D eigenvalue weighted by Crippen LogP contribution is -2.22. The number of benzene rings is 3. The quantitative estimate of drug-likeness (QED) is 0.126. The number of nitro benzene ring substituents is 1. The maximum Gasteiger partial charge on any atom is 0.312 e. The topological polar surface area (TPSA) is 99.6 Å². The van der Waals surface area contributed by atoms with Gasteiger partial charge in [-0.1, -0.05) is 50.9 Å². The molecule has 0 spiro atoms. The Balaban J connectivity index is 1.69. The van der Waals surface area contributed by atoms with Crippen LogP contribution >= 0.6 is 47.8 Å². The predicted octanol–water partition coefficient (Wildman–Crippen LogP) is 6.62. The van der Waals surface area contributed by atoms with E-state index in [-0.39, 0.29) is 23.6 Å². The van der Waals surface area contributed by atoms with E-state index >= 15 is 0 Å². The fourth-order valence-corrected chi connectivity index (χ4v) is 4.56. The van der Waals surface area contributed by atoms with E-state index in [1.807, 2.05) is 37.3 Å². The van der Waals surface area contributed by atoms with E-state index in [2.05, 4.69) is 57.9 Å². The summed E-state index contributed by atoms with van der Waals surface area (Å²) in [6.45, 7) is 2.03. The Morgan fingerprint density at radius 3 is 2.49 bits per heavy atom. The number of fused-ring (bicyclic) bond motifs is 1. The molecule has 0 radical (unpaired) electrons. The third-order valence-corrected chi connectivity index (χ3v) is 6.66. The summed E-state index contributed by atoms with van der Waals surface area (Å²) in [7, 11) is 0. The van der Waals surface area contributed by atoms with Gasteiger partial charge in [-0.2, -0.15) is 9.78 Å². The Hall–Kier alpha value is -2.89. The molecular weight excluding hydrogens is 648 g/mol. The van der Waals surface area contributed by atoms with Crippen molar-refractivity contribution in [2.75, 3.05) is 0 Å². The first-order valence-corrected chi connectivity index (χ1v) is 12.8. The van der Waals surface area contributed by atoms with Crippen molar-refractivity contribution in [3.8, 4) is 5.75 Å². The average Bonchev–Trinajstić information content (AvgIpc) is 2.83. The zero-order valence-electron chi connectivity index (χ0n) is 18.2. The molecule has 0 aliphatic carbocycles. The highest BCUT2D eigenvalue weighted by Crippen LogP contribution is 2.36. The van der Waals surface area contributed by atoms with E-state index in [0.29, 0.717) is 33.2 Å². The molecule has 0 saturated heterocycles. The van der Waals surface area contributed by atoms with Crippen LogP contribution in [0.1, 0.15) is 23.9 Å². The summed E-state index contributed by atoms with van der Waals surface area (Å²) < 4.78 is 9.06. The highest BCUT2D eigenvalue weighted by atomic mass is 79.9. The number of halogens is 3. The SMILES string of the molecule is CCc1nc2ccc(Br)cc2c(=O)n1N=Cc1cc(Br)c(OCc2ccc(Br)cc2)c([N+](=O)[O-])c1. The molecule has 0 aliphatic rings. The van der Waals surface area contributed by atoms with Crippen molar-refractivity contribution in [3.05, 3.63) is 105 Å². The van der Waals surface area contributed by atoms with Gasteiger partial charge in [-0.15, -0.1) is 0 Å². The molecule has 0 bridgehead atoms. The summed E-state index contributed by atoms with van der Waals surface area (Å²) >= 11 is 10.1. The van der Waals surface area contributed by atoms with Crippen LogP contribution in [-0.2, 0) is 13.0 Å². The lowest BCUT2D eigenvalue weighted by atomic mass is 10.2. The molecule has 4 rings (SSSR count). The van der Waals surface area contributed by atoms with E-state index < -0.39 is 4.92 Å². The molecule has 8 nitrogen and oxygen atoms in total. The van der Waals surface area contributed by atoms with Gasteiger partial charge in [0.05, 0.1) is 26.5 Å². The standard InChI is InChI=1S/C24H17Br3N4O4/c1-2-22-29-20-8-7-17(26)11-18(20)24(32)30(22)28-12-15-9-19(27)23(21(10-15)31(33)34)35-13-14-3-5-16(25)6-4-14/h3-12H,2,13H2,1H3. The third kappa shape index (κ3) is 5.68. The van der Waals surface area contributed by atoms with Gasteiger partial charge in [0.25, 0.3) is 5.56 Å². The lowest BCUT2D eigenvalue weighted by molar-refractivity contribution is -0.386. The Labute approximate surface area is 225 Å². The van der Waals surface area contributed by atoms with Gasteiger partial charge in [-0.3, -0.25) is 14.9 Å². The Morgan fingerprint density at radius 2 is 1.80 bits per heavy atom. The zero-order valence-corrected chi connectivity index (χ0v) is 23.0. The molecule has 0 N–H and O–H groups in total. The molecule has 1 aromatic heterocycles. The van der Waals surface area contributed by atoms with Crippen LogP contribution < -0.4 is 10.3 Å². The smallest absolute Gasteiger partial charge is 0.312 e. The molecule has 178 valence electrons. The maximum absolute atomic E-state index is 13.1. The van der Waals surface area contributed by atoms with Crippen LogP contribution in [0.3, 0.4) is 0 Å². The highest BCUT2D eigenvalue weighted by Gasteiger charge is 2.20. The van der Waals surface area contributed by atoms with E-state index in [9.17, 15) is 14.9 Å². The number of hydrogen-bond donors (Lipinski definition) is 0. The predicted molar refractivity (Wildman–Crippen MR) is 145 cm³/mol. The Bertz CT molecular complexity index is 1520. The van der Waals surface area contributed by atoms with E-state index in [0.717, 1.165) is 14.5 Å². The highest BCUT2D eigenvalue weighted by molar-refractivity contribution is 9.11. The van der Waals surface area contributed by atoms with Crippen LogP contribution in [0.4, 0.5) is 5.69 Å². The van der Waals surface area contributed by atoms with Crippen LogP contribution in [-0.4, -0.2) is 20.8 Å². The van der Waals surface area contributed by atoms with Crippen LogP contribution in [0.5, 0.6) is 5.75 Å². The molecule has 1 heterocycles. The van der Waals surface area contributed by atoms with Crippen LogP contribution in [0.15, 0.2) is 77.9 Å². The van der Waals surface area contributed by atoms with E-state index in [1.165, 1.54) is 17.0 Å². The molecule has 0 aliphatic heterocycles. The molecule has 11 heteroatoms. The van der Waals surface area contributed by atoms with Crippen molar-refractivity contribution >= 4 is 70.6 Å². The first-order valence-electron chi connectivity index (χ1n) is 10.4. The van der Waals surface area contributed by atoms with Gasteiger partial charge in [-0.25, -0.2) is 4.98 Å². The molecule has 3 aromatic carbocycles. The summed E-state index contributed by atoms with van der Waals surface area (Å²) in [5.41, 5.74) is 1.31.